The molecule has 3 heterocycles. The van der Waals surface area contributed by atoms with Crippen LogP contribution in [0, 0.1) is 0 Å². The van der Waals surface area contributed by atoms with Crippen molar-refractivity contribution in [1.82, 2.24) is 15.5 Å². The number of nitrogens with one attached hydrogen (secondary N) is 2. The summed E-state index contributed by atoms with van der Waals surface area (Å²) in [5.74, 6) is 2.54. The van der Waals surface area contributed by atoms with E-state index < -0.39 is 0 Å². The summed E-state index contributed by atoms with van der Waals surface area (Å²) < 4.78 is 0. The first kappa shape index (κ1) is 17.9. The van der Waals surface area contributed by atoms with Gasteiger partial charge in [0.25, 0.3) is 5.91 Å². The van der Waals surface area contributed by atoms with Gasteiger partial charge in [-0.05, 0) is 48.8 Å². The summed E-state index contributed by atoms with van der Waals surface area (Å²) >= 11 is 2.07. The molecule has 1 atom stereocenters. The van der Waals surface area contributed by atoms with Gasteiger partial charge in [0.2, 0.25) is 5.91 Å². The van der Waals surface area contributed by atoms with Crippen molar-refractivity contribution in [3.8, 4) is 0 Å². The van der Waals surface area contributed by atoms with Gasteiger partial charge >= 0.3 is 0 Å². The van der Waals surface area contributed by atoms with Gasteiger partial charge in [0.05, 0.1) is 12.5 Å². The van der Waals surface area contributed by atoms with E-state index in [1.54, 1.807) is 0 Å². The van der Waals surface area contributed by atoms with Crippen LogP contribution in [-0.4, -0.2) is 53.4 Å². The highest BCUT2D eigenvalue weighted by Gasteiger charge is 2.31. The highest BCUT2D eigenvalue weighted by atomic mass is 32.2. The molecule has 4 rings (SSSR count). The molecule has 2 fully saturated rings. The number of carbonyl (C=O) groups is 2. The van der Waals surface area contributed by atoms with E-state index in [1.807, 2.05) is 24.3 Å². The molecule has 3 aliphatic rings. The second-order valence-electron chi connectivity index (χ2n) is 7.54. The van der Waals surface area contributed by atoms with Crippen molar-refractivity contribution in [3.05, 3.63) is 35.4 Å². The molecule has 1 aromatic rings. The van der Waals surface area contributed by atoms with Crippen LogP contribution in [-0.2, 0) is 4.79 Å². The van der Waals surface area contributed by atoms with Crippen molar-refractivity contribution in [3.63, 3.8) is 0 Å². The number of hydrogen-bond acceptors (Lipinski definition) is 4. The number of likely N-dealkylation sites (tertiary alicyclic amines) is 1. The van der Waals surface area contributed by atoms with Gasteiger partial charge in [0, 0.05) is 30.7 Å². The van der Waals surface area contributed by atoms with E-state index in [1.165, 1.54) is 24.3 Å². The van der Waals surface area contributed by atoms with Crippen molar-refractivity contribution in [2.75, 3.05) is 24.6 Å². The largest absolute Gasteiger partial charge is 0.353 e. The van der Waals surface area contributed by atoms with Crippen LogP contribution in [0.5, 0.6) is 0 Å². The fourth-order valence-electron chi connectivity index (χ4n) is 4.41. The predicted octanol–water partition coefficient (Wildman–Crippen LogP) is 2.34. The van der Waals surface area contributed by atoms with Crippen molar-refractivity contribution in [2.24, 2.45) is 0 Å². The third-order valence-corrected chi connectivity index (χ3v) is 6.93. The third-order valence-electron chi connectivity index (χ3n) is 5.88. The van der Waals surface area contributed by atoms with Crippen LogP contribution in [0.25, 0.3) is 0 Å². The Morgan fingerprint density at radius 3 is 2.65 bits per heavy atom. The average Bonchev–Trinajstić information content (AvgIpc) is 2.99. The first-order chi connectivity index (χ1) is 12.7. The highest BCUT2D eigenvalue weighted by molar-refractivity contribution is 7.99. The number of piperidine rings is 1. The maximum absolute atomic E-state index is 12.5. The number of rotatable bonds is 4. The minimum Gasteiger partial charge on any atom is -0.353 e. The normalized spacial score (nSPS) is 24.9. The van der Waals surface area contributed by atoms with E-state index >= 15 is 0 Å². The highest BCUT2D eigenvalue weighted by Crippen LogP contribution is 2.28. The first-order valence-electron chi connectivity index (χ1n) is 9.71. The summed E-state index contributed by atoms with van der Waals surface area (Å²) in [7, 11) is 0. The Hall–Kier alpha value is -1.53. The summed E-state index contributed by atoms with van der Waals surface area (Å²) in [6.07, 6.45) is 5.00. The molecule has 0 bridgehead atoms. The number of thioether (sulfide) groups is 1. The van der Waals surface area contributed by atoms with Gasteiger partial charge < -0.3 is 15.5 Å². The SMILES string of the molecule is O=C(CC1NC(=O)c2ccccc21)NC1CCN(C2CCSCC2)CC1. The minimum absolute atomic E-state index is 0.0412. The molecule has 1 unspecified atom stereocenters. The molecule has 1 aromatic carbocycles. The fraction of sp³-hybridized carbons (Fsp3) is 0.600. The van der Waals surface area contributed by atoms with E-state index in [0.717, 1.165) is 37.5 Å². The monoisotopic (exact) mass is 373 g/mol. The van der Waals surface area contributed by atoms with Crippen LogP contribution in [0.2, 0.25) is 0 Å². The maximum atomic E-state index is 12.5. The van der Waals surface area contributed by atoms with Crippen LogP contribution in [0.3, 0.4) is 0 Å². The summed E-state index contributed by atoms with van der Waals surface area (Å²) in [5.41, 5.74) is 1.64. The Morgan fingerprint density at radius 2 is 1.88 bits per heavy atom. The van der Waals surface area contributed by atoms with Gasteiger partial charge in [-0.3, -0.25) is 9.59 Å². The molecule has 0 aliphatic carbocycles. The molecular weight excluding hydrogens is 346 g/mol. The summed E-state index contributed by atoms with van der Waals surface area (Å²) in [4.78, 5) is 27.1. The average molecular weight is 374 g/mol. The number of carbonyl (C=O) groups excluding carboxylic acids is 2. The number of amides is 2. The topological polar surface area (TPSA) is 61.4 Å². The van der Waals surface area contributed by atoms with Gasteiger partial charge in [-0.1, -0.05) is 18.2 Å². The van der Waals surface area contributed by atoms with Crippen LogP contribution < -0.4 is 10.6 Å². The number of benzene rings is 1. The lowest BCUT2D eigenvalue weighted by Gasteiger charge is -2.39. The van der Waals surface area contributed by atoms with Gasteiger partial charge in [-0.25, -0.2) is 0 Å². The lowest BCUT2D eigenvalue weighted by molar-refractivity contribution is -0.122. The zero-order valence-corrected chi connectivity index (χ0v) is 15.9. The van der Waals surface area contributed by atoms with Gasteiger partial charge in [0.15, 0.2) is 0 Å². The maximum Gasteiger partial charge on any atom is 0.252 e. The summed E-state index contributed by atoms with van der Waals surface area (Å²) in [5, 5.41) is 6.12. The van der Waals surface area contributed by atoms with Gasteiger partial charge in [-0.15, -0.1) is 0 Å². The van der Waals surface area contributed by atoms with Crippen LogP contribution in [0.1, 0.15) is 54.1 Å². The quantitative estimate of drug-likeness (QED) is 0.850. The lowest BCUT2D eigenvalue weighted by Crippen LogP contribution is -2.49. The summed E-state index contributed by atoms with van der Waals surface area (Å²) in [6.45, 7) is 2.17. The predicted molar refractivity (Wildman–Crippen MR) is 104 cm³/mol. The second kappa shape index (κ2) is 8.01. The Labute approximate surface area is 159 Å². The van der Waals surface area contributed by atoms with Crippen molar-refractivity contribution in [1.29, 1.82) is 0 Å². The molecule has 0 spiro atoms. The van der Waals surface area contributed by atoms with E-state index in [-0.39, 0.29) is 23.9 Å². The number of nitrogens with zero attached hydrogens (tertiary/aromatic N) is 1. The van der Waals surface area contributed by atoms with Crippen molar-refractivity contribution in [2.45, 2.75) is 50.2 Å². The zero-order chi connectivity index (χ0) is 17.9. The molecule has 2 saturated heterocycles. The van der Waals surface area contributed by atoms with Gasteiger partial charge in [-0.2, -0.15) is 11.8 Å². The molecule has 3 aliphatic heterocycles. The molecule has 5 nitrogen and oxygen atoms in total. The van der Waals surface area contributed by atoms with Crippen molar-refractivity contribution < 1.29 is 9.59 Å². The molecular formula is C20H27N3O2S. The van der Waals surface area contributed by atoms with Crippen LogP contribution in [0.15, 0.2) is 24.3 Å². The van der Waals surface area contributed by atoms with E-state index in [4.69, 9.17) is 0 Å². The Balaban J connectivity index is 1.25. The van der Waals surface area contributed by atoms with Crippen LogP contribution in [0.4, 0.5) is 0 Å². The molecule has 2 amide bonds. The Kier molecular flexibility index (Phi) is 5.50. The third kappa shape index (κ3) is 3.91. The second-order valence-corrected chi connectivity index (χ2v) is 8.76. The Bertz CT molecular complexity index is 667. The minimum atomic E-state index is -0.196. The Morgan fingerprint density at radius 1 is 1.15 bits per heavy atom. The van der Waals surface area contributed by atoms with Crippen molar-refractivity contribution >= 4 is 23.6 Å². The summed E-state index contributed by atoms with van der Waals surface area (Å²) in [6, 6.07) is 8.36. The number of fused-ring (bicyclic) bond motifs is 1. The van der Waals surface area contributed by atoms with Crippen LogP contribution >= 0.6 is 11.8 Å². The molecule has 0 radical (unpaired) electrons. The number of hydrogen-bond donors (Lipinski definition) is 2. The molecule has 140 valence electrons. The standard InChI is InChI=1S/C20H27N3O2S/c24-19(13-18-16-3-1-2-4-17(16)20(25)22-18)21-14-5-9-23(10-6-14)15-7-11-26-12-8-15/h1-4,14-15,18H,5-13H2,(H,21,24)(H,22,25). The molecule has 6 heteroatoms. The fourth-order valence-corrected chi connectivity index (χ4v) is 5.50. The first-order valence-corrected chi connectivity index (χ1v) is 10.9. The molecule has 0 aromatic heterocycles. The lowest BCUT2D eigenvalue weighted by atomic mass is 9.99. The van der Waals surface area contributed by atoms with E-state index in [2.05, 4.69) is 27.3 Å². The molecule has 2 N–H and O–H groups in total. The van der Waals surface area contributed by atoms with Gasteiger partial charge in [0.1, 0.15) is 0 Å². The van der Waals surface area contributed by atoms with E-state index in [0.29, 0.717) is 12.0 Å². The molecule has 0 saturated carbocycles. The zero-order valence-electron chi connectivity index (χ0n) is 15.1. The molecule has 26 heavy (non-hydrogen) atoms. The van der Waals surface area contributed by atoms with E-state index in [9.17, 15) is 9.59 Å². The smallest absolute Gasteiger partial charge is 0.252 e.